The van der Waals surface area contributed by atoms with E-state index in [2.05, 4.69) is 22.5 Å². The Balaban J connectivity index is 3.27. The van der Waals surface area contributed by atoms with Crippen molar-refractivity contribution in [1.29, 1.82) is 0 Å². The van der Waals surface area contributed by atoms with Gasteiger partial charge in [-0.15, -0.1) is 6.58 Å². The number of benzene rings is 1. The summed E-state index contributed by atoms with van der Waals surface area (Å²) in [5.41, 5.74) is 6.71. The zero-order valence-electron chi connectivity index (χ0n) is 7.35. The summed E-state index contributed by atoms with van der Waals surface area (Å²) in [6, 6.07) is 2.94. The number of nitrogens with two attached hydrogens (primary N) is 1. The molecule has 0 heterocycles. The minimum Gasteiger partial charge on any atom is -0.321 e. The molecule has 1 rings (SSSR count). The van der Waals surface area contributed by atoms with Crippen molar-refractivity contribution in [3.05, 3.63) is 46.2 Å². The maximum absolute atomic E-state index is 13.5. The first-order valence-corrected chi connectivity index (χ1v) is 4.69. The summed E-state index contributed by atoms with van der Waals surface area (Å²) in [6.45, 7) is 5.24. The molecular formula is C10H11BrFN. The molecule has 0 radical (unpaired) electrons. The van der Waals surface area contributed by atoms with E-state index in [1.54, 1.807) is 19.1 Å². The summed E-state index contributed by atoms with van der Waals surface area (Å²) in [4.78, 5) is 0. The van der Waals surface area contributed by atoms with Crippen LogP contribution in [0, 0.1) is 12.7 Å². The number of hydrogen-bond donors (Lipinski definition) is 1. The molecule has 13 heavy (non-hydrogen) atoms. The van der Waals surface area contributed by atoms with Gasteiger partial charge in [-0.2, -0.15) is 0 Å². The van der Waals surface area contributed by atoms with Crippen molar-refractivity contribution < 1.29 is 4.39 Å². The molecule has 1 aromatic carbocycles. The zero-order valence-corrected chi connectivity index (χ0v) is 8.94. The number of aryl methyl sites for hydroxylation is 1. The van der Waals surface area contributed by atoms with Gasteiger partial charge in [-0.3, -0.25) is 0 Å². The lowest BCUT2D eigenvalue weighted by Gasteiger charge is -2.10. The second kappa shape index (κ2) is 4.03. The fourth-order valence-corrected chi connectivity index (χ4v) is 1.71. The van der Waals surface area contributed by atoms with E-state index >= 15 is 0 Å². The topological polar surface area (TPSA) is 26.0 Å². The number of rotatable bonds is 2. The molecule has 1 nitrogen and oxygen atoms in total. The summed E-state index contributed by atoms with van der Waals surface area (Å²) in [5, 5.41) is 0. The fraction of sp³-hybridized carbons (Fsp3) is 0.200. The van der Waals surface area contributed by atoms with Gasteiger partial charge in [0, 0.05) is 10.0 Å². The molecule has 0 saturated heterocycles. The van der Waals surface area contributed by atoms with Crippen molar-refractivity contribution in [1.82, 2.24) is 0 Å². The average Bonchev–Trinajstić information content (AvgIpc) is 2.10. The van der Waals surface area contributed by atoms with Gasteiger partial charge in [-0.25, -0.2) is 4.39 Å². The van der Waals surface area contributed by atoms with Crippen molar-refractivity contribution in [2.45, 2.75) is 13.0 Å². The third kappa shape index (κ3) is 2.17. The van der Waals surface area contributed by atoms with Gasteiger partial charge in [0.1, 0.15) is 5.82 Å². The van der Waals surface area contributed by atoms with E-state index in [0.29, 0.717) is 11.1 Å². The average molecular weight is 244 g/mol. The predicted molar refractivity (Wildman–Crippen MR) is 56.0 cm³/mol. The van der Waals surface area contributed by atoms with Gasteiger partial charge < -0.3 is 5.73 Å². The Morgan fingerprint density at radius 2 is 2.23 bits per heavy atom. The van der Waals surface area contributed by atoms with Crippen molar-refractivity contribution in [2.75, 3.05) is 0 Å². The quantitative estimate of drug-likeness (QED) is 0.795. The van der Waals surface area contributed by atoms with Crippen LogP contribution in [0.3, 0.4) is 0 Å². The van der Waals surface area contributed by atoms with Crippen molar-refractivity contribution in [3.8, 4) is 0 Å². The third-order valence-electron chi connectivity index (χ3n) is 1.86. The SMILES string of the molecule is C=C[C@@H](N)c1cc(Br)cc(C)c1F. The first-order valence-electron chi connectivity index (χ1n) is 3.90. The van der Waals surface area contributed by atoms with Crippen LogP contribution < -0.4 is 5.73 Å². The molecule has 0 aliphatic carbocycles. The Bertz CT molecular complexity index is 336. The largest absolute Gasteiger partial charge is 0.321 e. The molecule has 0 aliphatic heterocycles. The van der Waals surface area contributed by atoms with Gasteiger partial charge in [0.25, 0.3) is 0 Å². The lowest BCUT2D eigenvalue weighted by Crippen LogP contribution is -2.09. The van der Waals surface area contributed by atoms with E-state index in [-0.39, 0.29) is 5.82 Å². The van der Waals surface area contributed by atoms with E-state index in [1.165, 1.54) is 6.08 Å². The minimum absolute atomic E-state index is 0.254. The first kappa shape index (κ1) is 10.4. The summed E-state index contributed by atoms with van der Waals surface area (Å²) in [7, 11) is 0. The van der Waals surface area contributed by atoms with Crippen LogP contribution in [0.5, 0.6) is 0 Å². The Hall–Kier alpha value is -0.670. The molecule has 70 valence electrons. The lowest BCUT2D eigenvalue weighted by atomic mass is 10.0. The summed E-state index contributed by atoms with van der Waals surface area (Å²) < 4.78 is 14.3. The molecule has 0 amide bonds. The van der Waals surface area contributed by atoms with E-state index < -0.39 is 6.04 Å². The van der Waals surface area contributed by atoms with Gasteiger partial charge in [0.2, 0.25) is 0 Å². The molecule has 0 aromatic heterocycles. The molecule has 1 aromatic rings. The van der Waals surface area contributed by atoms with Crippen LogP contribution in [0.25, 0.3) is 0 Å². The van der Waals surface area contributed by atoms with Gasteiger partial charge in [0.15, 0.2) is 0 Å². The molecule has 2 N–H and O–H groups in total. The van der Waals surface area contributed by atoms with Gasteiger partial charge in [-0.1, -0.05) is 22.0 Å². The standard InChI is InChI=1S/C10H11BrFN/c1-3-9(13)8-5-7(11)4-6(2)10(8)12/h3-5,9H,1,13H2,2H3/t9-/m1/s1. The summed E-state index contributed by atoms with van der Waals surface area (Å²) >= 11 is 3.29. The van der Waals surface area contributed by atoms with Crippen LogP contribution in [0.4, 0.5) is 4.39 Å². The van der Waals surface area contributed by atoms with Crippen LogP contribution in [-0.2, 0) is 0 Å². The summed E-state index contributed by atoms with van der Waals surface area (Å²) in [6.07, 6.45) is 1.52. The number of halogens is 2. The molecule has 0 spiro atoms. The molecule has 0 aliphatic rings. The molecule has 0 unspecified atom stereocenters. The molecule has 1 atom stereocenters. The van der Waals surface area contributed by atoms with E-state index in [9.17, 15) is 4.39 Å². The normalized spacial score (nSPS) is 12.6. The highest BCUT2D eigenvalue weighted by Gasteiger charge is 2.11. The minimum atomic E-state index is -0.448. The Labute approximate surface area is 85.6 Å². The Kier molecular flexibility index (Phi) is 3.22. The van der Waals surface area contributed by atoms with Gasteiger partial charge >= 0.3 is 0 Å². The highest BCUT2D eigenvalue weighted by Crippen LogP contribution is 2.23. The van der Waals surface area contributed by atoms with Crippen LogP contribution in [0.15, 0.2) is 29.3 Å². The van der Waals surface area contributed by atoms with E-state index in [1.807, 2.05) is 0 Å². The second-order valence-electron chi connectivity index (χ2n) is 2.89. The fourth-order valence-electron chi connectivity index (χ4n) is 1.12. The predicted octanol–water partition coefficient (Wildman–Crippen LogP) is 3.08. The smallest absolute Gasteiger partial charge is 0.131 e. The molecule has 3 heteroatoms. The molecule has 0 fully saturated rings. The van der Waals surface area contributed by atoms with Crippen LogP contribution in [-0.4, -0.2) is 0 Å². The Morgan fingerprint density at radius 1 is 1.62 bits per heavy atom. The van der Waals surface area contributed by atoms with Crippen LogP contribution in [0.1, 0.15) is 17.2 Å². The monoisotopic (exact) mass is 243 g/mol. The first-order chi connectivity index (χ1) is 6.06. The van der Waals surface area contributed by atoms with E-state index in [4.69, 9.17) is 5.73 Å². The number of hydrogen-bond acceptors (Lipinski definition) is 1. The molecule has 0 bridgehead atoms. The maximum Gasteiger partial charge on any atom is 0.131 e. The van der Waals surface area contributed by atoms with Crippen molar-refractivity contribution >= 4 is 15.9 Å². The Morgan fingerprint density at radius 3 is 2.77 bits per heavy atom. The maximum atomic E-state index is 13.5. The second-order valence-corrected chi connectivity index (χ2v) is 3.80. The van der Waals surface area contributed by atoms with Crippen LogP contribution >= 0.6 is 15.9 Å². The third-order valence-corrected chi connectivity index (χ3v) is 2.32. The lowest BCUT2D eigenvalue weighted by molar-refractivity contribution is 0.593. The van der Waals surface area contributed by atoms with Gasteiger partial charge in [0.05, 0.1) is 6.04 Å². The molecule has 0 saturated carbocycles. The van der Waals surface area contributed by atoms with Crippen molar-refractivity contribution in [2.24, 2.45) is 5.73 Å². The van der Waals surface area contributed by atoms with Crippen molar-refractivity contribution in [3.63, 3.8) is 0 Å². The highest BCUT2D eigenvalue weighted by atomic mass is 79.9. The van der Waals surface area contributed by atoms with Gasteiger partial charge in [-0.05, 0) is 24.6 Å². The zero-order chi connectivity index (χ0) is 10.0. The molecular weight excluding hydrogens is 233 g/mol. The van der Waals surface area contributed by atoms with E-state index in [0.717, 1.165) is 4.47 Å². The highest BCUT2D eigenvalue weighted by molar-refractivity contribution is 9.10. The van der Waals surface area contributed by atoms with Crippen LogP contribution in [0.2, 0.25) is 0 Å². The summed E-state index contributed by atoms with van der Waals surface area (Å²) in [5.74, 6) is -0.254.